The average Bonchev–Trinajstić information content (AvgIpc) is 2.91. The molecule has 1 N–H and O–H groups in total. The van der Waals surface area contributed by atoms with E-state index >= 15 is 0 Å². The van der Waals surface area contributed by atoms with Gasteiger partial charge in [-0.3, -0.25) is 0 Å². The van der Waals surface area contributed by atoms with E-state index in [1.807, 2.05) is 11.3 Å². The summed E-state index contributed by atoms with van der Waals surface area (Å²) in [4.78, 5) is 8.74. The SMILES string of the molecule is CCc1nc(N2CCCC2C)sc1CNC(C)C. The molecule has 1 saturated heterocycles. The molecule has 102 valence electrons. The monoisotopic (exact) mass is 267 g/mol. The van der Waals surface area contributed by atoms with Gasteiger partial charge in [0.15, 0.2) is 5.13 Å². The van der Waals surface area contributed by atoms with E-state index in [9.17, 15) is 0 Å². The second-order valence-electron chi connectivity index (χ2n) is 5.44. The first-order valence-corrected chi connectivity index (χ1v) is 7.92. The van der Waals surface area contributed by atoms with Crippen molar-refractivity contribution in [2.24, 2.45) is 0 Å². The van der Waals surface area contributed by atoms with Crippen LogP contribution in [0.15, 0.2) is 0 Å². The van der Waals surface area contributed by atoms with E-state index in [4.69, 9.17) is 4.98 Å². The molecule has 2 heterocycles. The van der Waals surface area contributed by atoms with E-state index in [-0.39, 0.29) is 0 Å². The van der Waals surface area contributed by atoms with Gasteiger partial charge >= 0.3 is 0 Å². The maximum atomic E-state index is 4.84. The van der Waals surface area contributed by atoms with E-state index in [1.165, 1.54) is 35.1 Å². The summed E-state index contributed by atoms with van der Waals surface area (Å²) in [5, 5.41) is 4.74. The lowest BCUT2D eigenvalue weighted by Crippen LogP contribution is -2.25. The highest BCUT2D eigenvalue weighted by atomic mass is 32.1. The number of nitrogens with one attached hydrogen (secondary N) is 1. The molecule has 18 heavy (non-hydrogen) atoms. The van der Waals surface area contributed by atoms with Gasteiger partial charge in [0.1, 0.15) is 0 Å². The van der Waals surface area contributed by atoms with E-state index in [2.05, 4.69) is 37.9 Å². The van der Waals surface area contributed by atoms with Gasteiger partial charge < -0.3 is 10.2 Å². The molecule has 1 atom stereocenters. The molecule has 0 aromatic carbocycles. The summed E-state index contributed by atoms with van der Waals surface area (Å²) in [6, 6.07) is 1.19. The molecule has 0 radical (unpaired) electrons. The molecule has 1 aliphatic rings. The lowest BCUT2D eigenvalue weighted by atomic mass is 10.2. The second-order valence-corrected chi connectivity index (χ2v) is 6.50. The van der Waals surface area contributed by atoms with Gasteiger partial charge in [-0.1, -0.05) is 20.8 Å². The summed E-state index contributed by atoms with van der Waals surface area (Å²) in [7, 11) is 0. The Hall–Kier alpha value is -0.610. The van der Waals surface area contributed by atoms with Crippen molar-refractivity contribution >= 4 is 16.5 Å². The number of rotatable bonds is 5. The molecule has 0 aliphatic carbocycles. The molecule has 1 aromatic rings. The third-order valence-electron chi connectivity index (χ3n) is 3.57. The van der Waals surface area contributed by atoms with Gasteiger partial charge in [0.05, 0.1) is 5.69 Å². The Morgan fingerprint density at radius 2 is 2.28 bits per heavy atom. The summed E-state index contributed by atoms with van der Waals surface area (Å²) in [6.45, 7) is 11.0. The fourth-order valence-electron chi connectivity index (χ4n) is 2.42. The van der Waals surface area contributed by atoms with Crippen molar-refractivity contribution in [3.05, 3.63) is 10.6 Å². The van der Waals surface area contributed by atoms with Crippen LogP contribution in [-0.4, -0.2) is 23.6 Å². The van der Waals surface area contributed by atoms with Gasteiger partial charge in [0, 0.05) is 30.1 Å². The van der Waals surface area contributed by atoms with Crippen LogP contribution in [0.5, 0.6) is 0 Å². The van der Waals surface area contributed by atoms with Gasteiger partial charge in [0.25, 0.3) is 0 Å². The highest BCUT2D eigenvalue weighted by molar-refractivity contribution is 7.15. The molecule has 3 nitrogen and oxygen atoms in total. The number of aromatic nitrogens is 1. The topological polar surface area (TPSA) is 28.2 Å². The zero-order valence-corrected chi connectivity index (χ0v) is 12.8. The quantitative estimate of drug-likeness (QED) is 0.888. The molecule has 1 unspecified atom stereocenters. The number of hydrogen-bond acceptors (Lipinski definition) is 4. The summed E-state index contributed by atoms with van der Waals surface area (Å²) in [5.41, 5.74) is 1.28. The molecule has 1 aliphatic heterocycles. The van der Waals surface area contributed by atoms with E-state index in [0.29, 0.717) is 12.1 Å². The van der Waals surface area contributed by atoms with Crippen molar-refractivity contribution in [2.45, 2.75) is 65.6 Å². The van der Waals surface area contributed by atoms with Crippen LogP contribution in [0.1, 0.15) is 51.1 Å². The Bertz CT molecular complexity index is 386. The number of hydrogen-bond donors (Lipinski definition) is 1. The average molecular weight is 267 g/mol. The first-order chi connectivity index (χ1) is 8.61. The highest BCUT2D eigenvalue weighted by Gasteiger charge is 2.24. The molecular formula is C14H25N3S. The zero-order chi connectivity index (χ0) is 13.1. The predicted molar refractivity (Wildman–Crippen MR) is 79.5 cm³/mol. The van der Waals surface area contributed by atoms with E-state index < -0.39 is 0 Å². The van der Waals surface area contributed by atoms with Crippen LogP contribution in [0.2, 0.25) is 0 Å². The standard InChI is InChI=1S/C14H25N3S/c1-5-12-13(9-15-10(2)3)18-14(16-12)17-8-6-7-11(17)4/h10-11,15H,5-9H2,1-4H3. The summed E-state index contributed by atoms with van der Waals surface area (Å²) in [5.74, 6) is 0. The summed E-state index contributed by atoms with van der Waals surface area (Å²) < 4.78 is 0. The minimum Gasteiger partial charge on any atom is -0.345 e. The first-order valence-electron chi connectivity index (χ1n) is 7.10. The van der Waals surface area contributed by atoms with Gasteiger partial charge in [-0.05, 0) is 26.2 Å². The third kappa shape index (κ3) is 3.04. The van der Waals surface area contributed by atoms with Crippen LogP contribution < -0.4 is 10.2 Å². The largest absolute Gasteiger partial charge is 0.345 e. The second kappa shape index (κ2) is 6.02. The van der Waals surface area contributed by atoms with Crippen LogP contribution in [0.4, 0.5) is 5.13 Å². The molecular weight excluding hydrogens is 242 g/mol. The highest BCUT2D eigenvalue weighted by Crippen LogP contribution is 2.31. The van der Waals surface area contributed by atoms with E-state index in [0.717, 1.165) is 13.0 Å². The molecule has 0 amide bonds. The Morgan fingerprint density at radius 1 is 1.50 bits per heavy atom. The normalized spacial score (nSPS) is 20.1. The zero-order valence-electron chi connectivity index (χ0n) is 12.0. The van der Waals surface area contributed by atoms with Gasteiger partial charge in [-0.25, -0.2) is 4.98 Å². The Labute approximate surface area is 115 Å². The van der Waals surface area contributed by atoms with Crippen molar-refractivity contribution in [3.63, 3.8) is 0 Å². The minimum atomic E-state index is 0.533. The fraction of sp³-hybridized carbons (Fsp3) is 0.786. The van der Waals surface area contributed by atoms with Crippen molar-refractivity contribution < 1.29 is 0 Å². The molecule has 4 heteroatoms. The number of thiazole rings is 1. The third-order valence-corrected chi connectivity index (χ3v) is 4.71. The van der Waals surface area contributed by atoms with Gasteiger partial charge in [-0.15, -0.1) is 11.3 Å². The van der Waals surface area contributed by atoms with Crippen LogP contribution in [0.3, 0.4) is 0 Å². The van der Waals surface area contributed by atoms with Gasteiger partial charge in [0.2, 0.25) is 0 Å². The molecule has 0 bridgehead atoms. The molecule has 1 fully saturated rings. The Balaban J connectivity index is 2.12. The van der Waals surface area contributed by atoms with Gasteiger partial charge in [-0.2, -0.15) is 0 Å². The van der Waals surface area contributed by atoms with Crippen LogP contribution >= 0.6 is 11.3 Å². The lowest BCUT2D eigenvalue weighted by Gasteiger charge is -2.19. The van der Waals surface area contributed by atoms with Crippen LogP contribution in [0.25, 0.3) is 0 Å². The summed E-state index contributed by atoms with van der Waals surface area (Å²) in [6.07, 6.45) is 3.65. The van der Waals surface area contributed by atoms with Crippen LogP contribution in [-0.2, 0) is 13.0 Å². The minimum absolute atomic E-state index is 0.533. The van der Waals surface area contributed by atoms with Crippen molar-refractivity contribution in [1.29, 1.82) is 0 Å². The summed E-state index contributed by atoms with van der Waals surface area (Å²) >= 11 is 1.88. The maximum absolute atomic E-state index is 4.84. The Morgan fingerprint density at radius 3 is 2.83 bits per heavy atom. The fourth-order valence-corrected chi connectivity index (χ4v) is 3.65. The number of anilines is 1. The Kier molecular flexibility index (Phi) is 4.62. The predicted octanol–water partition coefficient (Wildman–Crippen LogP) is 3.19. The van der Waals surface area contributed by atoms with Crippen molar-refractivity contribution in [3.8, 4) is 0 Å². The molecule has 1 aromatic heterocycles. The van der Waals surface area contributed by atoms with Crippen molar-refractivity contribution in [2.75, 3.05) is 11.4 Å². The number of nitrogens with zero attached hydrogens (tertiary/aromatic N) is 2. The van der Waals surface area contributed by atoms with Crippen LogP contribution in [0, 0.1) is 0 Å². The lowest BCUT2D eigenvalue weighted by molar-refractivity contribution is 0.590. The first kappa shape index (κ1) is 13.8. The molecule has 0 saturated carbocycles. The van der Waals surface area contributed by atoms with E-state index in [1.54, 1.807) is 0 Å². The molecule has 0 spiro atoms. The smallest absolute Gasteiger partial charge is 0.186 e. The maximum Gasteiger partial charge on any atom is 0.186 e. The van der Waals surface area contributed by atoms with Crippen molar-refractivity contribution in [1.82, 2.24) is 10.3 Å². The number of aryl methyl sites for hydroxylation is 1. The molecule has 2 rings (SSSR count).